The Morgan fingerprint density at radius 2 is 2.32 bits per heavy atom. The van der Waals surface area contributed by atoms with Crippen LogP contribution in [0.3, 0.4) is 0 Å². The maximum absolute atomic E-state index is 11.9. The van der Waals surface area contributed by atoms with E-state index in [9.17, 15) is 4.79 Å². The van der Waals surface area contributed by atoms with Crippen molar-refractivity contribution < 1.29 is 4.79 Å². The number of carbonyl (C=O) groups excluding carboxylic acids is 1. The zero-order valence-electron chi connectivity index (χ0n) is 10.5. The number of halogens is 1. The largest absolute Gasteiger partial charge is 0.346 e. The van der Waals surface area contributed by atoms with E-state index in [0.717, 1.165) is 29.3 Å². The van der Waals surface area contributed by atoms with E-state index >= 15 is 0 Å². The standard InChI is InChI=1S/C14H15BrN2OS/c15-12-4-1-3-11(9-12)14(5-2-6-14)17-13(18)10-19-8-7-16/h1,3-4,9H,2,5-6,8,10H2,(H,17,18). The van der Waals surface area contributed by atoms with Crippen LogP contribution < -0.4 is 5.32 Å². The maximum atomic E-state index is 11.9. The maximum Gasteiger partial charge on any atom is 0.230 e. The van der Waals surface area contributed by atoms with Crippen LogP contribution >= 0.6 is 27.7 Å². The highest BCUT2D eigenvalue weighted by molar-refractivity contribution is 9.10. The van der Waals surface area contributed by atoms with Gasteiger partial charge in [0.1, 0.15) is 0 Å². The lowest BCUT2D eigenvalue weighted by Gasteiger charge is -2.43. The molecular formula is C14H15BrN2OS. The van der Waals surface area contributed by atoms with Crippen LogP contribution in [-0.4, -0.2) is 17.4 Å². The van der Waals surface area contributed by atoms with Crippen LogP contribution in [0, 0.1) is 11.3 Å². The Hall–Kier alpha value is -0.990. The van der Waals surface area contributed by atoms with Gasteiger partial charge in [-0.05, 0) is 37.0 Å². The summed E-state index contributed by atoms with van der Waals surface area (Å²) in [5.74, 6) is 0.723. The first-order chi connectivity index (χ1) is 9.16. The Morgan fingerprint density at radius 1 is 1.53 bits per heavy atom. The van der Waals surface area contributed by atoms with Crippen LogP contribution in [0.15, 0.2) is 28.7 Å². The highest BCUT2D eigenvalue weighted by atomic mass is 79.9. The van der Waals surface area contributed by atoms with Crippen molar-refractivity contribution in [2.75, 3.05) is 11.5 Å². The third-order valence-corrected chi connectivity index (χ3v) is 4.66. The van der Waals surface area contributed by atoms with Crippen molar-refractivity contribution in [3.05, 3.63) is 34.3 Å². The van der Waals surface area contributed by atoms with Gasteiger partial charge < -0.3 is 5.32 Å². The number of nitrogens with zero attached hydrogens (tertiary/aromatic N) is 1. The van der Waals surface area contributed by atoms with Gasteiger partial charge in [0.15, 0.2) is 0 Å². The van der Waals surface area contributed by atoms with Crippen LogP contribution in [0.2, 0.25) is 0 Å². The van der Waals surface area contributed by atoms with Gasteiger partial charge in [0.25, 0.3) is 0 Å². The molecule has 0 unspecified atom stereocenters. The highest BCUT2D eigenvalue weighted by Crippen LogP contribution is 2.41. The van der Waals surface area contributed by atoms with Gasteiger partial charge in [0.05, 0.1) is 23.1 Å². The van der Waals surface area contributed by atoms with E-state index < -0.39 is 0 Å². The molecule has 0 heterocycles. The Balaban J connectivity index is 2.03. The topological polar surface area (TPSA) is 52.9 Å². The molecule has 1 amide bonds. The molecule has 1 saturated carbocycles. The molecule has 0 atom stereocenters. The summed E-state index contributed by atoms with van der Waals surface area (Å²) in [6.45, 7) is 0. The van der Waals surface area contributed by atoms with E-state index in [1.807, 2.05) is 18.2 Å². The molecule has 1 aromatic carbocycles. The zero-order valence-corrected chi connectivity index (χ0v) is 12.9. The van der Waals surface area contributed by atoms with Crippen molar-refractivity contribution in [2.45, 2.75) is 24.8 Å². The number of rotatable bonds is 5. The molecule has 1 N–H and O–H groups in total. The molecule has 1 aliphatic rings. The normalized spacial score (nSPS) is 16.2. The first kappa shape index (κ1) is 14.4. The Kier molecular flexibility index (Phi) is 4.89. The summed E-state index contributed by atoms with van der Waals surface area (Å²) in [5.41, 5.74) is 0.959. The van der Waals surface area contributed by atoms with E-state index in [4.69, 9.17) is 5.26 Å². The van der Waals surface area contributed by atoms with Crippen LogP contribution in [0.1, 0.15) is 24.8 Å². The van der Waals surface area contributed by atoms with E-state index in [-0.39, 0.29) is 11.4 Å². The number of thioether (sulfide) groups is 1. The molecule has 19 heavy (non-hydrogen) atoms. The van der Waals surface area contributed by atoms with Gasteiger partial charge in [-0.2, -0.15) is 5.26 Å². The quantitative estimate of drug-likeness (QED) is 0.838. The van der Waals surface area contributed by atoms with Crippen LogP contribution in [0.25, 0.3) is 0 Å². The lowest BCUT2D eigenvalue weighted by molar-refractivity contribution is -0.121. The van der Waals surface area contributed by atoms with Crippen molar-refractivity contribution in [3.63, 3.8) is 0 Å². The minimum absolute atomic E-state index is 0.0138. The molecule has 0 aliphatic heterocycles. The number of hydrogen-bond donors (Lipinski definition) is 1. The van der Waals surface area contributed by atoms with Crippen molar-refractivity contribution in [3.8, 4) is 6.07 Å². The zero-order chi connectivity index (χ0) is 13.7. The Labute approximate surface area is 125 Å². The van der Waals surface area contributed by atoms with Gasteiger partial charge in [-0.15, -0.1) is 11.8 Å². The summed E-state index contributed by atoms with van der Waals surface area (Å²) in [6, 6.07) is 10.1. The molecule has 0 saturated heterocycles. The first-order valence-corrected chi connectivity index (χ1v) is 8.13. The Bertz CT molecular complexity index is 508. The van der Waals surface area contributed by atoms with Crippen molar-refractivity contribution in [1.29, 1.82) is 5.26 Å². The molecule has 0 aromatic heterocycles. The molecule has 0 radical (unpaired) electrons. The minimum atomic E-state index is -0.200. The summed E-state index contributed by atoms with van der Waals surface area (Å²) in [6.07, 6.45) is 3.11. The lowest BCUT2D eigenvalue weighted by Crippen LogP contribution is -2.51. The van der Waals surface area contributed by atoms with Gasteiger partial charge >= 0.3 is 0 Å². The SMILES string of the molecule is N#CCSCC(=O)NC1(c2cccc(Br)c2)CCC1. The van der Waals surface area contributed by atoms with E-state index in [1.165, 1.54) is 11.8 Å². The molecule has 2 rings (SSSR count). The lowest BCUT2D eigenvalue weighted by atomic mass is 9.72. The molecule has 0 spiro atoms. The number of nitrogens with one attached hydrogen (secondary N) is 1. The fourth-order valence-corrected chi connectivity index (χ4v) is 3.14. The number of amides is 1. The molecule has 3 nitrogen and oxygen atoms in total. The third kappa shape index (κ3) is 3.52. The number of nitriles is 1. The van der Waals surface area contributed by atoms with Crippen LogP contribution in [0.4, 0.5) is 0 Å². The summed E-state index contributed by atoms with van der Waals surface area (Å²) in [5, 5.41) is 11.6. The molecule has 5 heteroatoms. The number of benzene rings is 1. The second-order valence-corrected chi connectivity index (χ2v) is 6.55. The van der Waals surface area contributed by atoms with Gasteiger partial charge in [0.2, 0.25) is 5.91 Å². The third-order valence-electron chi connectivity index (χ3n) is 3.36. The monoisotopic (exact) mass is 338 g/mol. The predicted molar refractivity (Wildman–Crippen MR) is 80.8 cm³/mol. The summed E-state index contributed by atoms with van der Waals surface area (Å²) in [7, 11) is 0. The second kappa shape index (κ2) is 6.44. The van der Waals surface area contributed by atoms with Gasteiger partial charge in [-0.1, -0.05) is 28.1 Å². The molecular weight excluding hydrogens is 324 g/mol. The van der Waals surface area contributed by atoms with Gasteiger partial charge in [-0.25, -0.2) is 0 Å². The van der Waals surface area contributed by atoms with Crippen molar-refractivity contribution in [1.82, 2.24) is 5.32 Å². The smallest absolute Gasteiger partial charge is 0.230 e. The van der Waals surface area contributed by atoms with Crippen LogP contribution in [-0.2, 0) is 10.3 Å². The number of carbonyl (C=O) groups is 1. The fraction of sp³-hybridized carbons (Fsp3) is 0.429. The molecule has 1 fully saturated rings. The summed E-state index contributed by atoms with van der Waals surface area (Å²) in [4.78, 5) is 11.9. The second-order valence-electron chi connectivity index (χ2n) is 4.65. The first-order valence-electron chi connectivity index (χ1n) is 6.18. The molecule has 100 valence electrons. The highest BCUT2D eigenvalue weighted by Gasteiger charge is 2.39. The van der Waals surface area contributed by atoms with Crippen LogP contribution in [0.5, 0.6) is 0 Å². The van der Waals surface area contributed by atoms with Crippen molar-refractivity contribution >= 4 is 33.6 Å². The summed E-state index contributed by atoms with van der Waals surface area (Å²) >= 11 is 4.83. The predicted octanol–water partition coefficient (Wildman–Crippen LogP) is 3.20. The average Bonchev–Trinajstić information content (AvgIpc) is 2.34. The fourth-order valence-electron chi connectivity index (χ4n) is 2.29. The number of hydrogen-bond acceptors (Lipinski definition) is 3. The van der Waals surface area contributed by atoms with Gasteiger partial charge in [0, 0.05) is 4.47 Å². The Morgan fingerprint density at radius 3 is 2.89 bits per heavy atom. The molecule has 1 aliphatic carbocycles. The summed E-state index contributed by atoms with van der Waals surface area (Å²) < 4.78 is 1.03. The van der Waals surface area contributed by atoms with E-state index in [2.05, 4.69) is 33.4 Å². The molecule has 0 bridgehead atoms. The molecule has 1 aromatic rings. The minimum Gasteiger partial charge on any atom is -0.346 e. The van der Waals surface area contributed by atoms with Crippen molar-refractivity contribution in [2.24, 2.45) is 0 Å². The average molecular weight is 339 g/mol. The van der Waals surface area contributed by atoms with E-state index in [1.54, 1.807) is 0 Å². The van der Waals surface area contributed by atoms with E-state index in [0.29, 0.717) is 11.5 Å². The van der Waals surface area contributed by atoms with Gasteiger partial charge in [-0.3, -0.25) is 4.79 Å².